The first-order valence-electron chi connectivity index (χ1n) is 20.5. The summed E-state index contributed by atoms with van der Waals surface area (Å²) >= 11 is 0. The Labute approximate surface area is 332 Å². The first kappa shape index (κ1) is 42.2. The van der Waals surface area contributed by atoms with Gasteiger partial charge in [0.05, 0.1) is 40.2 Å². The lowest BCUT2D eigenvalue weighted by Crippen LogP contribution is -2.50. The molecule has 1 heterocycles. The molecule has 1 aromatic heterocycles. The molecule has 6 nitrogen and oxygen atoms in total. The van der Waals surface area contributed by atoms with Gasteiger partial charge >= 0.3 is 0 Å². The smallest absolute Gasteiger partial charge is 0.161 e. The molecule has 0 unspecified atom stereocenters. The Morgan fingerprint density at radius 1 is 0.796 bits per heavy atom. The summed E-state index contributed by atoms with van der Waals surface area (Å²) in [6.45, 7) is 12.6. The molecule has 8 atom stereocenters. The van der Waals surface area contributed by atoms with Crippen LogP contribution in [0.3, 0.4) is 0 Å². The van der Waals surface area contributed by atoms with Crippen molar-refractivity contribution in [2.75, 3.05) is 28.4 Å². The third-order valence-electron chi connectivity index (χ3n) is 14.4. The molecule has 4 aliphatic rings. The van der Waals surface area contributed by atoms with Gasteiger partial charge in [-0.25, -0.2) is 0 Å². The van der Waals surface area contributed by atoms with Crippen LogP contribution in [0.2, 0.25) is 0 Å². The first-order valence-corrected chi connectivity index (χ1v) is 20.5. The standard InChI is InChI=1S/C27H46O.C20H21NO4.ClH/c1-18(2)7-6-8-19(3)23-11-12-24-22-10-9-20-17-21(28)13-15-26(20,4)25(22)14-16-27(23,24)5;1-22-17-6-5-13(10-18(17)23-2)9-16-15-12-20(25-4)19(24-3)11-14(15)7-8-21-16;/h9,18-19,21-25,28H,6-8,10-17H2,1-5H3;5-8,10-12H,9H2,1-4H3;1H/t19-,21+,22+,23-,24+,25+,26+,27-;;/m1../s1. The molecule has 0 spiro atoms. The van der Waals surface area contributed by atoms with Crippen LogP contribution in [-0.2, 0) is 6.42 Å². The normalized spacial score (nSPS) is 29.0. The Bertz CT molecular complexity index is 1740. The molecule has 3 saturated carbocycles. The molecule has 0 radical (unpaired) electrons. The van der Waals surface area contributed by atoms with Gasteiger partial charge in [0, 0.05) is 18.0 Å². The van der Waals surface area contributed by atoms with Crippen LogP contribution in [0.25, 0.3) is 10.8 Å². The molecule has 0 bridgehead atoms. The molecule has 0 amide bonds. The molecular weight excluding hydrogens is 694 g/mol. The highest BCUT2D eigenvalue weighted by atomic mass is 35.5. The number of ether oxygens (including phenoxy) is 4. The van der Waals surface area contributed by atoms with Crippen LogP contribution in [0.1, 0.15) is 117 Å². The summed E-state index contributed by atoms with van der Waals surface area (Å²) in [5.74, 6) is 8.27. The highest BCUT2D eigenvalue weighted by molar-refractivity contribution is 5.88. The molecule has 7 heteroatoms. The van der Waals surface area contributed by atoms with E-state index in [2.05, 4.69) is 45.7 Å². The molecule has 3 aromatic rings. The van der Waals surface area contributed by atoms with Gasteiger partial charge in [0.2, 0.25) is 0 Å². The second-order valence-corrected chi connectivity index (χ2v) is 17.7. The monoisotopic (exact) mass is 761 g/mol. The van der Waals surface area contributed by atoms with Crippen molar-refractivity contribution in [3.05, 3.63) is 65.5 Å². The van der Waals surface area contributed by atoms with Crippen LogP contribution >= 0.6 is 12.4 Å². The second kappa shape index (κ2) is 17.9. The number of halogens is 1. The number of pyridine rings is 1. The quantitative estimate of drug-likeness (QED) is 0.196. The van der Waals surface area contributed by atoms with Crippen LogP contribution in [0.15, 0.2) is 54.2 Å². The Morgan fingerprint density at radius 2 is 1.50 bits per heavy atom. The fourth-order valence-corrected chi connectivity index (χ4v) is 11.6. The number of hydrogen-bond acceptors (Lipinski definition) is 6. The molecule has 0 saturated heterocycles. The highest BCUT2D eigenvalue weighted by Gasteiger charge is 2.59. The minimum Gasteiger partial charge on any atom is -0.493 e. The lowest BCUT2D eigenvalue weighted by Gasteiger charge is -2.58. The predicted octanol–water partition coefficient (Wildman–Crippen LogP) is 11.7. The SMILES string of the molecule is CC(C)CCC[C@@H](C)[C@H]1CC[C@H]2[C@@H]3CC=C4C[C@@H](O)CC[C@]4(C)[C@H]3CC[C@]12C.COc1ccc(Cc2nccc3cc(OC)c(OC)cc23)cc1OC.Cl. The van der Waals surface area contributed by atoms with Crippen LogP contribution in [0, 0.1) is 46.3 Å². The van der Waals surface area contributed by atoms with Crippen molar-refractivity contribution in [3.63, 3.8) is 0 Å². The Kier molecular flexibility index (Phi) is 14.0. The number of fused-ring (bicyclic) bond motifs is 6. The highest BCUT2D eigenvalue weighted by Crippen LogP contribution is 2.67. The van der Waals surface area contributed by atoms with E-state index < -0.39 is 0 Å². The third kappa shape index (κ3) is 8.41. The van der Waals surface area contributed by atoms with Crippen molar-refractivity contribution in [3.8, 4) is 23.0 Å². The van der Waals surface area contributed by atoms with E-state index in [0.717, 1.165) is 70.4 Å². The summed E-state index contributed by atoms with van der Waals surface area (Å²) in [7, 11) is 6.53. The van der Waals surface area contributed by atoms with E-state index in [0.29, 0.717) is 40.2 Å². The summed E-state index contributed by atoms with van der Waals surface area (Å²) in [5, 5.41) is 12.3. The van der Waals surface area contributed by atoms with Crippen molar-refractivity contribution < 1.29 is 24.1 Å². The molecule has 7 rings (SSSR count). The Morgan fingerprint density at radius 3 is 2.20 bits per heavy atom. The van der Waals surface area contributed by atoms with Crippen LogP contribution in [0.5, 0.6) is 23.0 Å². The summed E-state index contributed by atoms with van der Waals surface area (Å²) in [6.07, 6.45) is 19.6. The first-order chi connectivity index (χ1) is 25.4. The van der Waals surface area contributed by atoms with Gasteiger partial charge in [0.15, 0.2) is 23.0 Å². The number of rotatable bonds is 11. The van der Waals surface area contributed by atoms with Crippen LogP contribution in [0.4, 0.5) is 0 Å². The van der Waals surface area contributed by atoms with Gasteiger partial charge in [-0.1, -0.05) is 71.6 Å². The van der Waals surface area contributed by atoms with E-state index in [1.54, 1.807) is 34.0 Å². The van der Waals surface area contributed by atoms with E-state index in [4.69, 9.17) is 18.9 Å². The van der Waals surface area contributed by atoms with Crippen molar-refractivity contribution >= 4 is 23.2 Å². The van der Waals surface area contributed by atoms with Gasteiger partial charge in [-0.2, -0.15) is 0 Å². The number of allylic oxidation sites excluding steroid dienone is 1. The summed E-state index contributed by atoms with van der Waals surface area (Å²) in [4.78, 5) is 4.56. The lowest BCUT2D eigenvalue weighted by atomic mass is 9.47. The van der Waals surface area contributed by atoms with Crippen molar-refractivity contribution in [1.29, 1.82) is 0 Å². The second-order valence-electron chi connectivity index (χ2n) is 17.7. The zero-order valence-electron chi connectivity index (χ0n) is 34.6. The van der Waals surface area contributed by atoms with Gasteiger partial charge in [-0.05, 0) is 139 Å². The minimum absolute atomic E-state index is 0. The number of aliphatic hydroxyl groups excluding tert-OH is 1. The third-order valence-corrected chi connectivity index (χ3v) is 14.4. The maximum absolute atomic E-state index is 10.2. The van der Waals surface area contributed by atoms with Gasteiger partial charge in [0.25, 0.3) is 0 Å². The zero-order valence-corrected chi connectivity index (χ0v) is 35.4. The van der Waals surface area contributed by atoms with E-state index >= 15 is 0 Å². The predicted molar refractivity (Wildman–Crippen MR) is 223 cm³/mol. The molecule has 2 aromatic carbocycles. The zero-order chi connectivity index (χ0) is 37.9. The largest absolute Gasteiger partial charge is 0.493 e. The summed E-state index contributed by atoms with van der Waals surface area (Å²) in [6, 6.07) is 11.8. The van der Waals surface area contributed by atoms with Gasteiger partial charge in [0.1, 0.15) is 0 Å². The molecule has 4 aliphatic carbocycles. The molecule has 0 aliphatic heterocycles. The molecular formula is C47H68ClNO5. The van der Waals surface area contributed by atoms with Gasteiger partial charge < -0.3 is 24.1 Å². The topological polar surface area (TPSA) is 70.0 Å². The van der Waals surface area contributed by atoms with Crippen LogP contribution < -0.4 is 18.9 Å². The molecule has 54 heavy (non-hydrogen) atoms. The molecule has 3 fully saturated rings. The van der Waals surface area contributed by atoms with E-state index in [1.807, 2.05) is 42.6 Å². The number of hydrogen-bond donors (Lipinski definition) is 1. The van der Waals surface area contributed by atoms with Crippen molar-refractivity contribution in [1.82, 2.24) is 4.98 Å². The minimum atomic E-state index is -0.0766. The van der Waals surface area contributed by atoms with E-state index in [9.17, 15) is 5.11 Å². The maximum Gasteiger partial charge on any atom is 0.161 e. The van der Waals surface area contributed by atoms with Gasteiger partial charge in [-0.15, -0.1) is 12.4 Å². The summed E-state index contributed by atoms with van der Waals surface area (Å²) < 4.78 is 21.5. The fourth-order valence-electron chi connectivity index (χ4n) is 11.6. The number of aliphatic hydroxyl groups is 1. The average Bonchev–Trinajstić information content (AvgIpc) is 3.52. The number of aromatic nitrogens is 1. The molecule has 1 N–H and O–H groups in total. The lowest BCUT2D eigenvalue weighted by molar-refractivity contribution is -0.0573. The van der Waals surface area contributed by atoms with Crippen molar-refractivity contribution in [2.24, 2.45) is 46.3 Å². The van der Waals surface area contributed by atoms with E-state index in [1.165, 1.54) is 57.8 Å². The fraction of sp³-hybridized carbons (Fsp3) is 0.638. The maximum atomic E-state index is 10.2. The average molecular weight is 763 g/mol. The van der Waals surface area contributed by atoms with Crippen LogP contribution in [-0.4, -0.2) is 44.6 Å². The number of benzene rings is 2. The van der Waals surface area contributed by atoms with Gasteiger partial charge in [-0.3, -0.25) is 4.98 Å². The van der Waals surface area contributed by atoms with E-state index in [-0.39, 0.29) is 18.5 Å². The number of nitrogens with zero attached hydrogens (tertiary/aromatic N) is 1. The number of methoxy groups -OCH3 is 4. The molecule has 298 valence electrons. The Balaban J connectivity index is 0.000000205. The Hall–Kier alpha value is -2.96. The summed E-state index contributed by atoms with van der Waals surface area (Å²) in [5.41, 5.74) is 4.66. The van der Waals surface area contributed by atoms with Crippen molar-refractivity contribution in [2.45, 2.75) is 118 Å².